The Labute approximate surface area is 140 Å². The highest BCUT2D eigenvalue weighted by atomic mass is 32.2. The van der Waals surface area contributed by atoms with Crippen molar-refractivity contribution >= 4 is 15.6 Å². The summed E-state index contributed by atoms with van der Waals surface area (Å²) in [6.45, 7) is 3.83. The number of ketones is 1. The first kappa shape index (κ1) is 16.7. The molecule has 1 saturated carbocycles. The van der Waals surface area contributed by atoms with E-state index >= 15 is 0 Å². The molecule has 0 unspecified atom stereocenters. The van der Waals surface area contributed by atoms with Gasteiger partial charge in [0, 0.05) is 17.7 Å². The summed E-state index contributed by atoms with van der Waals surface area (Å²) in [5.41, 5.74) is 1.09. The third-order valence-electron chi connectivity index (χ3n) is 4.00. The van der Waals surface area contributed by atoms with Crippen LogP contribution in [0.3, 0.4) is 0 Å². The van der Waals surface area contributed by atoms with E-state index in [-0.39, 0.29) is 22.1 Å². The number of ether oxygens (including phenoxy) is 1. The predicted octanol–water partition coefficient (Wildman–Crippen LogP) is 2.89. The summed E-state index contributed by atoms with van der Waals surface area (Å²) in [5.74, 6) is 0.567. The molecule has 0 bridgehead atoms. The van der Waals surface area contributed by atoms with Crippen molar-refractivity contribution in [3.05, 3.63) is 40.8 Å². The number of aryl methyl sites for hydroxylation is 1. The molecule has 0 radical (unpaired) electrons. The Kier molecular flexibility index (Phi) is 4.21. The molecule has 7 heteroatoms. The van der Waals surface area contributed by atoms with Crippen molar-refractivity contribution in [3.63, 3.8) is 0 Å². The second-order valence-electron chi connectivity index (χ2n) is 6.00. The first-order valence-electron chi connectivity index (χ1n) is 7.80. The zero-order valence-electron chi connectivity index (χ0n) is 13.8. The van der Waals surface area contributed by atoms with Crippen LogP contribution in [0.5, 0.6) is 5.75 Å². The Morgan fingerprint density at radius 1 is 1.33 bits per heavy atom. The van der Waals surface area contributed by atoms with E-state index in [0.29, 0.717) is 23.5 Å². The summed E-state index contributed by atoms with van der Waals surface area (Å²) < 4.78 is 35.4. The van der Waals surface area contributed by atoms with E-state index in [1.165, 1.54) is 12.3 Å². The van der Waals surface area contributed by atoms with E-state index in [9.17, 15) is 13.2 Å². The second kappa shape index (κ2) is 6.05. The van der Waals surface area contributed by atoms with Crippen molar-refractivity contribution in [1.29, 1.82) is 0 Å². The fourth-order valence-electron chi connectivity index (χ4n) is 2.74. The van der Waals surface area contributed by atoms with Crippen molar-refractivity contribution in [1.82, 2.24) is 5.16 Å². The van der Waals surface area contributed by atoms with Crippen LogP contribution in [-0.4, -0.2) is 32.2 Å². The van der Waals surface area contributed by atoms with Crippen LogP contribution in [0.1, 0.15) is 52.9 Å². The molecular weight excluding hydrogens is 330 g/mol. The molecule has 1 heterocycles. The van der Waals surface area contributed by atoms with Gasteiger partial charge in [-0.25, -0.2) is 8.42 Å². The van der Waals surface area contributed by atoms with Gasteiger partial charge in [-0.1, -0.05) is 11.2 Å². The monoisotopic (exact) mass is 349 g/mol. The minimum Gasteiger partial charge on any atom is -0.492 e. The SMILES string of the molecule is CCOc1c(C)ccc(C(=O)c2cnoc2C2CC2)c1S(C)(=O)=O. The number of hydrogen-bond acceptors (Lipinski definition) is 6. The first-order chi connectivity index (χ1) is 11.3. The highest BCUT2D eigenvalue weighted by Gasteiger charge is 2.34. The lowest BCUT2D eigenvalue weighted by Crippen LogP contribution is -2.13. The summed E-state index contributed by atoms with van der Waals surface area (Å²) in [6, 6.07) is 3.22. The highest BCUT2D eigenvalue weighted by molar-refractivity contribution is 7.91. The first-order valence-corrected chi connectivity index (χ1v) is 9.69. The highest BCUT2D eigenvalue weighted by Crippen LogP contribution is 2.42. The molecule has 0 saturated heterocycles. The lowest BCUT2D eigenvalue weighted by molar-refractivity contribution is 0.103. The summed E-state index contributed by atoms with van der Waals surface area (Å²) >= 11 is 0. The molecule has 1 aliphatic rings. The topological polar surface area (TPSA) is 86.5 Å². The molecule has 1 aromatic carbocycles. The lowest BCUT2D eigenvalue weighted by atomic mass is 10.0. The lowest BCUT2D eigenvalue weighted by Gasteiger charge is -2.15. The van der Waals surface area contributed by atoms with Crippen LogP contribution < -0.4 is 4.74 Å². The van der Waals surface area contributed by atoms with Crippen molar-refractivity contribution in [2.45, 2.75) is 37.5 Å². The molecule has 0 spiro atoms. The van der Waals surface area contributed by atoms with Crippen molar-refractivity contribution in [2.75, 3.05) is 12.9 Å². The Morgan fingerprint density at radius 2 is 2.04 bits per heavy atom. The average molecular weight is 349 g/mol. The van der Waals surface area contributed by atoms with Gasteiger partial charge < -0.3 is 9.26 Å². The Bertz CT molecular complexity index is 894. The molecule has 1 aliphatic carbocycles. The number of sulfone groups is 1. The second-order valence-corrected chi connectivity index (χ2v) is 7.95. The minimum absolute atomic E-state index is 0.0719. The molecule has 6 nitrogen and oxygen atoms in total. The van der Waals surface area contributed by atoms with E-state index in [2.05, 4.69) is 5.16 Å². The van der Waals surface area contributed by atoms with Crippen LogP contribution in [-0.2, 0) is 9.84 Å². The standard InChI is InChI=1S/C17H19NO5S/c1-4-22-15-10(2)5-8-12(17(15)24(3,20)21)14(19)13-9-18-23-16(13)11-6-7-11/h5,8-9,11H,4,6-7H2,1-3H3. The van der Waals surface area contributed by atoms with Gasteiger partial charge in [-0.2, -0.15) is 0 Å². The Balaban J connectivity index is 2.18. The average Bonchev–Trinajstić information content (AvgIpc) is 3.24. The molecule has 0 N–H and O–H groups in total. The number of benzene rings is 1. The van der Waals surface area contributed by atoms with Gasteiger partial charge in [-0.3, -0.25) is 4.79 Å². The number of carbonyl (C=O) groups is 1. The molecule has 2 aromatic rings. The maximum absolute atomic E-state index is 13.0. The maximum atomic E-state index is 13.0. The molecule has 128 valence electrons. The maximum Gasteiger partial charge on any atom is 0.199 e. The minimum atomic E-state index is -3.66. The number of hydrogen-bond donors (Lipinski definition) is 0. The van der Waals surface area contributed by atoms with Gasteiger partial charge in [0.1, 0.15) is 10.6 Å². The van der Waals surface area contributed by atoms with Crippen molar-refractivity contribution < 1.29 is 22.5 Å². The molecule has 0 atom stereocenters. The Morgan fingerprint density at radius 3 is 2.62 bits per heavy atom. The Hall–Kier alpha value is -2.15. The number of aromatic nitrogens is 1. The third kappa shape index (κ3) is 2.96. The number of rotatable bonds is 6. The van der Waals surface area contributed by atoms with Crippen LogP contribution >= 0.6 is 0 Å². The van der Waals surface area contributed by atoms with E-state index in [1.54, 1.807) is 19.9 Å². The fourth-order valence-corrected chi connectivity index (χ4v) is 3.85. The zero-order chi connectivity index (χ0) is 17.5. The summed E-state index contributed by atoms with van der Waals surface area (Å²) in [5, 5.41) is 3.72. The van der Waals surface area contributed by atoms with Crippen LogP contribution in [0.25, 0.3) is 0 Å². The van der Waals surface area contributed by atoms with Gasteiger partial charge in [0.25, 0.3) is 0 Å². The molecule has 0 amide bonds. The van der Waals surface area contributed by atoms with E-state index in [1.807, 2.05) is 0 Å². The number of nitrogens with zero attached hydrogens (tertiary/aromatic N) is 1. The summed E-state index contributed by atoms with van der Waals surface area (Å²) in [7, 11) is -3.66. The van der Waals surface area contributed by atoms with Crippen molar-refractivity contribution in [3.8, 4) is 5.75 Å². The zero-order valence-corrected chi connectivity index (χ0v) is 14.6. The molecule has 1 aromatic heterocycles. The van der Waals surface area contributed by atoms with Crippen LogP contribution in [0.15, 0.2) is 27.7 Å². The molecule has 1 fully saturated rings. The molecule has 24 heavy (non-hydrogen) atoms. The van der Waals surface area contributed by atoms with Gasteiger partial charge in [-0.15, -0.1) is 0 Å². The van der Waals surface area contributed by atoms with Gasteiger partial charge in [0.05, 0.1) is 18.4 Å². The van der Waals surface area contributed by atoms with Crippen LogP contribution in [0.4, 0.5) is 0 Å². The smallest absolute Gasteiger partial charge is 0.199 e. The van der Waals surface area contributed by atoms with Crippen LogP contribution in [0.2, 0.25) is 0 Å². The van der Waals surface area contributed by atoms with E-state index < -0.39 is 15.6 Å². The van der Waals surface area contributed by atoms with Gasteiger partial charge in [0.15, 0.2) is 21.4 Å². The summed E-state index contributed by atoms with van der Waals surface area (Å²) in [4.78, 5) is 12.9. The molecular formula is C17H19NO5S. The van der Waals surface area contributed by atoms with Crippen molar-refractivity contribution in [2.24, 2.45) is 0 Å². The van der Waals surface area contributed by atoms with Crippen LogP contribution in [0, 0.1) is 6.92 Å². The normalized spacial score (nSPS) is 14.6. The quantitative estimate of drug-likeness (QED) is 0.745. The van der Waals surface area contributed by atoms with E-state index in [0.717, 1.165) is 19.1 Å². The van der Waals surface area contributed by atoms with Gasteiger partial charge in [0.2, 0.25) is 0 Å². The largest absolute Gasteiger partial charge is 0.492 e. The summed E-state index contributed by atoms with van der Waals surface area (Å²) in [6.07, 6.45) is 4.34. The predicted molar refractivity (Wildman–Crippen MR) is 87.4 cm³/mol. The van der Waals surface area contributed by atoms with Gasteiger partial charge in [-0.05, 0) is 38.3 Å². The van der Waals surface area contributed by atoms with Gasteiger partial charge >= 0.3 is 0 Å². The van der Waals surface area contributed by atoms with E-state index in [4.69, 9.17) is 9.26 Å². The number of carbonyl (C=O) groups excluding carboxylic acids is 1. The fraction of sp³-hybridized carbons (Fsp3) is 0.412. The molecule has 0 aliphatic heterocycles. The molecule has 3 rings (SSSR count). The third-order valence-corrected chi connectivity index (χ3v) is 5.15.